The first kappa shape index (κ1) is 15.8. The average Bonchev–Trinajstić information content (AvgIpc) is 2.46. The zero-order valence-corrected chi connectivity index (χ0v) is 11.5. The molecule has 8 heteroatoms. The number of alkyl halides is 3. The highest BCUT2D eigenvalue weighted by Gasteiger charge is 2.32. The van der Waals surface area contributed by atoms with Crippen LogP contribution >= 0.6 is 11.6 Å². The molecule has 2 rings (SSSR count). The van der Waals surface area contributed by atoms with Crippen molar-refractivity contribution in [2.45, 2.75) is 6.18 Å². The first-order valence-electron chi connectivity index (χ1n) is 5.85. The van der Waals surface area contributed by atoms with Gasteiger partial charge in [-0.2, -0.15) is 18.4 Å². The number of benzene rings is 1. The molecular weight excluding hydrogens is 319 g/mol. The number of rotatable bonds is 2. The molecular formula is C14H7ClF3N3O. The molecule has 0 radical (unpaired) electrons. The SMILES string of the molecule is N#Cc1ccc(NC(=O)c2ccc(C(F)(F)F)nc2)cc1Cl. The Morgan fingerprint density at radius 1 is 1.27 bits per heavy atom. The maximum atomic E-state index is 12.4. The van der Waals surface area contributed by atoms with Gasteiger partial charge < -0.3 is 5.32 Å². The van der Waals surface area contributed by atoms with E-state index in [9.17, 15) is 18.0 Å². The average molecular weight is 326 g/mol. The molecule has 1 N–H and O–H groups in total. The minimum atomic E-state index is -4.56. The number of hydrogen-bond donors (Lipinski definition) is 1. The van der Waals surface area contributed by atoms with Crippen LogP contribution in [-0.2, 0) is 6.18 Å². The van der Waals surface area contributed by atoms with Gasteiger partial charge in [-0.05, 0) is 30.3 Å². The van der Waals surface area contributed by atoms with E-state index in [1.807, 2.05) is 6.07 Å². The second-order valence-corrected chi connectivity index (χ2v) is 4.60. The Bertz CT molecular complexity index is 751. The van der Waals surface area contributed by atoms with Crippen molar-refractivity contribution in [3.63, 3.8) is 0 Å². The minimum Gasteiger partial charge on any atom is -0.322 e. The van der Waals surface area contributed by atoms with Crippen molar-refractivity contribution in [3.8, 4) is 6.07 Å². The molecule has 1 aromatic carbocycles. The molecule has 0 bridgehead atoms. The standard InChI is InChI=1S/C14H7ClF3N3O/c15-11-5-10(3-1-8(11)6-19)21-13(22)9-2-4-12(20-7-9)14(16,17)18/h1-5,7H,(H,21,22). The van der Waals surface area contributed by atoms with Gasteiger partial charge in [-0.15, -0.1) is 0 Å². The third kappa shape index (κ3) is 3.54. The van der Waals surface area contributed by atoms with Crippen molar-refractivity contribution in [3.05, 3.63) is 58.4 Å². The zero-order chi connectivity index (χ0) is 16.3. The van der Waals surface area contributed by atoms with Crippen LogP contribution in [0.1, 0.15) is 21.6 Å². The fraction of sp³-hybridized carbons (Fsp3) is 0.0714. The highest BCUT2D eigenvalue weighted by molar-refractivity contribution is 6.32. The largest absolute Gasteiger partial charge is 0.433 e. The van der Waals surface area contributed by atoms with E-state index in [0.29, 0.717) is 5.69 Å². The summed E-state index contributed by atoms with van der Waals surface area (Å²) in [6.45, 7) is 0. The number of anilines is 1. The summed E-state index contributed by atoms with van der Waals surface area (Å²) < 4.78 is 37.1. The zero-order valence-electron chi connectivity index (χ0n) is 10.8. The minimum absolute atomic E-state index is 0.0338. The van der Waals surface area contributed by atoms with Crippen LogP contribution in [-0.4, -0.2) is 10.9 Å². The molecule has 0 aliphatic rings. The molecule has 0 spiro atoms. The number of amides is 1. The van der Waals surface area contributed by atoms with Gasteiger partial charge in [0, 0.05) is 11.9 Å². The number of nitrogens with zero attached hydrogens (tertiary/aromatic N) is 2. The molecule has 22 heavy (non-hydrogen) atoms. The Balaban J connectivity index is 2.16. The second-order valence-electron chi connectivity index (χ2n) is 4.19. The third-order valence-electron chi connectivity index (χ3n) is 2.66. The van der Waals surface area contributed by atoms with Gasteiger partial charge in [0.25, 0.3) is 5.91 Å². The van der Waals surface area contributed by atoms with E-state index in [4.69, 9.17) is 16.9 Å². The van der Waals surface area contributed by atoms with E-state index in [1.54, 1.807) is 0 Å². The topological polar surface area (TPSA) is 65.8 Å². The molecule has 0 aliphatic carbocycles. The first-order chi connectivity index (χ1) is 10.3. The summed E-state index contributed by atoms with van der Waals surface area (Å²) in [5.74, 6) is -0.637. The maximum Gasteiger partial charge on any atom is 0.433 e. The summed E-state index contributed by atoms with van der Waals surface area (Å²) in [6.07, 6.45) is -3.72. The lowest BCUT2D eigenvalue weighted by atomic mass is 10.2. The highest BCUT2D eigenvalue weighted by atomic mass is 35.5. The lowest BCUT2D eigenvalue weighted by molar-refractivity contribution is -0.141. The number of carbonyl (C=O) groups is 1. The Labute approximate surface area is 128 Å². The molecule has 1 aromatic heterocycles. The van der Waals surface area contributed by atoms with Gasteiger partial charge in [0.15, 0.2) is 0 Å². The van der Waals surface area contributed by atoms with Crippen LogP contribution in [0.3, 0.4) is 0 Å². The fourth-order valence-corrected chi connectivity index (χ4v) is 1.81. The number of carbonyl (C=O) groups excluding carboxylic acids is 1. The van der Waals surface area contributed by atoms with Crippen LogP contribution < -0.4 is 5.32 Å². The molecule has 0 fully saturated rings. The van der Waals surface area contributed by atoms with Crippen LogP contribution in [0.15, 0.2) is 36.5 Å². The smallest absolute Gasteiger partial charge is 0.322 e. The van der Waals surface area contributed by atoms with Crippen molar-refractivity contribution < 1.29 is 18.0 Å². The van der Waals surface area contributed by atoms with Crippen LogP contribution in [0, 0.1) is 11.3 Å². The van der Waals surface area contributed by atoms with Crippen LogP contribution in [0.4, 0.5) is 18.9 Å². The number of pyridine rings is 1. The van der Waals surface area contributed by atoms with Gasteiger partial charge in [-0.3, -0.25) is 9.78 Å². The normalized spacial score (nSPS) is 10.9. The van der Waals surface area contributed by atoms with Crippen molar-refractivity contribution in [2.75, 3.05) is 5.32 Å². The summed E-state index contributed by atoms with van der Waals surface area (Å²) >= 11 is 5.82. The predicted octanol–water partition coefficient (Wildman–Crippen LogP) is 3.88. The number of nitrogens with one attached hydrogen (secondary N) is 1. The predicted molar refractivity (Wildman–Crippen MR) is 73.4 cm³/mol. The molecule has 1 amide bonds. The van der Waals surface area contributed by atoms with Crippen molar-refractivity contribution in [1.82, 2.24) is 4.98 Å². The third-order valence-corrected chi connectivity index (χ3v) is 2.98. The van der Waals surface area contributed by atoms with Gasteiger partial charge >= 0.3 is 6.18 Å². The van der Waals surface area contributed by atoms with Gasteiger partial charge in [0.05, 0.1) is 16.1 Å². The summed E-state index contributed by atoms with van der Waals surface area (Å²) in [5.41, 5.74) is -0.552. The summed E-state index contributed by atoms with van der Waals surface area (Å²) in [4.78, 5) is 15.1. The second kappa shape index (κ2) is 6.03. The lowest BCUT2D eigenvalue weighted by Crippen LogP contribution is -2.14. The lowest BCUT2D eigenvalue weighted by Gasteiger charge is -2.08. The van der Waals surface area contributed by atoms with Gasteiger partial charge in [0.2, 0.25) is 0 Å². The number of halogens is 4. The Kier molecular flexibility index (Phi) is 4.33. The van der Waals surface area contributed by atoms with Crippen LogP contribution in [0.5, 0.6) is 0 Å². The Morgan fingerprint density at radius 3 is 2.50 bits per heavy atom. The Hall–Kier alpha value is -2.59. The fourth-order valence-electron chi connectivity index (χ4n) is 1.58. The molecule has 0 unspecified atom stereocenters. The van der Waals surface area contributed by atoms with E-state index in [0.717, 1.165) is 18.3 Å². The van der Waals surface area contributed by atoms with Crippen molar-refractivity contribution in [2.24, 2.45) is 0 Å². The van der Waals surface area contributed by atoms with Gasteiger partial charge in [-0.1, -0.05) is 11.6 Å². The van der Waals surface area contributed by atoms with E-state index < -0.39 is 17.8 Å². The molecule has 0 atom stereocenters. The number of hydrogen-bond acceptors (Lipinski definition) is 3. The molecule has 1 heterocycles. The summed E-state index contributed by atoms with van der Waals surface area (Å²) in [7, 11) is 0. The number of nitriles is 1. The van der Waals surface area contributed by atoms with E-state index in [2.05, 4.69) is 10.3 Å². The van der Waals surface area contributed by atoms with Crippen molar-refractivity contribution in [1.29, 1.82) is 5.26 Å². The van der Waals surface area contributed by atoms with Crippen LogP contribution in [0.25, 0.3) is 0 Å². The van der Waals surface area contributed by atoms with E-state index in [-0.39, 0.29) is 16.1 Å². The molecule has 0 saturated heterocycles. The molecule has 4 nitrogen and oxygen atoms in total. The molecule has 2 aromatic rings. The van der Waals surface area contributed by atoms with Gasteiger partial charge in [-0.25, -0.2) is 0 Å². The summed E-state index contributed by atoms with van der Waals surface area (Å²) in [6, 6.07) is 7.86. The molecule has 0 aliphatic heterocycles. The Morgan fingerprint density at radius 2 is 2.00 bits per heavy atom. The molecule has 0 saturated carbocycles. The highest BCUT2D eigenvalue weighted by Crippen LogP contribution is 2.27. The maximum absolute atomic E-state index is 12.4. The molecule has 112 valence electrons. The number of aromatic nitrogens is 1. The van der Waals surface area contributed by atoms with Gasteiger partial charge in [0.1, 0.15) is 11.8 Å². The quantitative estimate of drug-likeness (QED) is 0.911. The summed E-state index contributed by atoms with van der Waals surface area (Å²) in [5, 5.41) is 11.4. The van der Waals surface area contributed by atoms with Crippen LogP contribution in [0.2, 0.25) is 5.02 Å². The van der Waals surface area contributed by atoms with E-state index in [1.165, 1.54) is 18.2 Å². The first-order valence-corrected chi connectivity index (χ1v) is 6.23. The monoisotopic (exact) mass is 325 g/mol. The van der Waals surface area contributed by atoms with Crippen molar-refractivity contribution >= 4 is 23.2 Å². The van der Waals surface area contributed by atoms with E-state index >= 15 is 0 Å².